The van der Waals surface area contributed by atoms with Gasteiger partial charge in [-0.05, 0) is 25.0 Å². The van der Waals surface area contributed by atoms with Gasteiger partial charge in [-0.25, -0.2) is 4.68 Å². The summed E-state index contributed by atoms with van der Waals surface area (Å²) in [5, 5.41) is 4.25. The first-order valence-corrected chi connectivity index (χ1v) is 7.71. The zero-order chi connectivity index (χ0) is 14.1. The van der Waals surface area contributed by atoms with Crippen LogP contribution in [-0.4, -0.2) is 29.1 Å². The smallest absolute Gasteiger partial charge is 0.268 e. The van der Waals surface area contributed by atoms with E-state index in [0.717, 1.165) is 43.7 Å². The van der Waals surface area contributed by atoms with Gasteiger partial charge in [0.1, 0.15) is 0 Å². The molecule has 0 saturated heterocycles. The molecular weight excluding hydrogens is 258 g/mol. The van der Waals surface area contributed by atoms with Crippen molar-refractivity contribution in [1.82, 2.24) is 9.78 Å². The fourth-order valence-electron chi connectivity index (χ4n) is 1.99. The van der Waals surface area contributed by atoms with Crippen LogP contribution in [0.5, 0.6) is 0 Å². The number of aromatic nitrogens is 2. The molecule has 0 aliphatic carbocycles. The highest BCUT2D eigenvalue weighted by Crippen LogP contribution is 2.07. The number of nitrogens with zero attached hydrogens (tertiary/aromatic N) is 3. The van der Waals surface area contributed by atoms with E-state index in [9.17, 15) is 4.79 Å². The molecule has 5 heteroatoms. The van der Waals surface area contributed by atoms with Gasteiger partial charge in [-0.2, -0.15) is 17.7 Å². The molecule has 1 heterocycles. The van der Waals surface area contributed by atoms with Crippen molar-refractivity contribution in [3.05, 3.63) is 22.6 Å². The summed E-state index contributed by atoms with van der Waals surface area (Å²) in [7, 11) is 1.99. The number of hydrogen-bond acceptors (Lipinski definition) is 4. The molecule has 0 radical (unpaired) electrons. The number of unbranched alkanes of at least 4 members (excludes halogenated alkanes) is 3. The van der Waals surface area contributed by atoms with Gasteiger partial charge in [-0.3, -0.25) is 4.79 Å². The predicted molar refractivity (Wildman–Crippen MR) is 84.4 cm³/mol. The lowest BCUT2D eigenvalue weighted by Crippen LogP contribution is -2.26. The molecule has 19 heavy (non-hydrogen) atoms. The van der Waals surface area contributed by atoms with Crippen molar-refractivity contribution in [2.45, 2.75) is 45.6 Å². The second-order valence-electron chi connectivity index (χ2n) is 4.83. The minimum absolute atomic E-state index is 0.00496. The van der Waals surface area contributed by atoms with Crippen molar-refractivity contribution in [2.24, 2.45) is 0 Å². The summed E-state index contributed by atoms with van der Waals surface area (Å²) in [4.78, 5) is 14.0. The van der Waals surface area contributed by atoms with Crippen LogP contribution in [0.1, 0.15) is 39.0 Å². The van der Waals surface area contributed by atoms with Crippen LogP contribution in [0.15, 0.2) is 17.1 Å². The third-order valence-electron chi connectivity index (χ3n) is 3.13. The van der Waals surface area contributed by atoms with Gasteiger partial charge >= 0.3 is 0 Å². The van der Waals surface area contributed by atoms with Crippen molar-refractivity contribution in [3.8, 4) is 0 Å². The molecular formula is C14H25N3OS. The van der Waals surface area contributed by atoms with E-state index in [4.69, 9.17) is 0 Å². The molecule has 108 valence electrons. The fraction of sp³-hybridized carbons (Fsp3) is 0.714. The summed E-state index contributed by atoms with van der Waals surface area (Å²) in [6.45, 7) is 3.77. The maximum atomic E-state index is 11.9. The fourth-order valence-corrected chi connectivity index (χ4v) is 2.22. The molecule has 0 fully saturated rings. The number of anilines is 1. The van der Waals surface area contributed by atoms with E-state index in [1.807, 2.05) is 7.05 Å². The Morgan fingerprint density at radius 3 is 2.68 bits per heavy atom. The quantitative estimate of drug-likeness (QED) is 0.559. The summed E-state index contributed by atoms with van der Waals surface area (Å²) in [6.07, 6.45) is 7.30. The van der Waals surface area contributed by atoms with Crippen molar-refractivity contribution >= 4 is 18.3 Å². The first-order valence-electron chi connectivity index (χ1n) is 7.08. The zero-order valence-corrected chi connectivity index (χ0v) is 12.9. The molecule has 0 aromatic carbocycles. The highest BCUT2D eigenvalue weighted by molar-refractivity contribution is 7.80. The molecule has 1 aromatic heterocycles. The van der Waals surface area contributed by atoms with Crippen LogP contribution in [0.4, 0.5) is 5.69 Å². The second kappa shape index (κ2) is 9.02. The third-order valence-corrected chi connectivity index (χ3v) is 3.45. The standard InChI is InChI=1S/C14H25N3OS/c1-3-8-16(2)13-11-14(18)17(15-12-13)9-6-4-5-7-10-19/h11-12,19H,3-10H2,1-2H3. The van der Waals surface area contributed by atoms with E-state index in [1.54, 1.807) is 16.9 Å². The van der Waals surface area contributed by atoms with Crippen LogP contribution >= 0.6 is 12.6 Å². The van der Waals surface area contributed by atoms with E-state index in [2.05, 4.69) is 29.6 Å². The van der Waals surface area contributed by atoms with Gasteiger partial charge in [-0.15, -0.1) is 0 Å². The largest absolute Gasteiger partial charge is 0.373 e. The molecule has 0 spiro atoms. The lowest BCUT2D eigenvalue weighted by Gasteiger charge is -2.17. The van der Waals surface area contributed by atoms with Crippen LogP contribution in [-0.2, 0) is 6.54 Å². The normalized spacial score (nSPS) is 10.7. The highest BCUT2D eigenvalue weighted by atomic mass is 32.1. The lowest BCUT2D eigenvalue weighted by molar-refractivity contribution is 0.519. The molecule has 0 N–H and O–H groups in total. The third kappa shape index (κ3) is 5.68. The van der Waals surface area contributed by atoms with Gasteiger partial charge in [0.2, 0.25) is 0 Å². The molecule has 0 bridgehead atoms. The monoisotopic (exact) mass is 283 g/mol. The molecule has 0 saturated carbocycles. The predicted octanol–water partition coefficient (Wildman–Crippen LogP) is 2.58. The summed E-state index contributed by atoms with van der Waals surface area (Å²) >= 11 is 4.18. The average molecular weight is 283 g/mol. The van der Waals surface area contributed by atoms with E-state index >= 15 is 0 Å². The Bertz CT molecular complexity index is 419. The minimum atomic E-state index is -0.00496. The number of rotatable bonds is 9. The van der Waals surface area contributed by atoms with Crippen molar-refractivity contribution in [1.29, 1.82) is 0 Å². The van der Waals surface area contributed by atoms with Crippen LogP contribution < -0.4 is 10.5 Å². The van der Waals surface area contributed by atoms with E-state index in [1.165, 1.54) is 6.42 Å². The van der Waals surface area contributed by atoms with Gasteiger partial charge in [-0.1, -0.05) is 19.8 Å². The summed E-state index contributed by atoms with van der Waals surface area (Å²) in [6, 6.07) is 1.68. The SMILES string of the molecule is CCCN(C)c1cnn(CCCCCCS)c(=O)c1. The molecule has 0 unspecified atom stereocenters. The maximum absolute atomic E-state index is 11.9. The summed E-state index contributed by atoms with van der Waals surface area (Å²) in [5.74, 6) is 0.941. The highest BCUT2D eigenvalue weighted by Gasteiger charge is 2.03. The Kier molecular flexibility index (Phi) is 7.63. The number of aryl methyl sites for hydroxylation is 1. The van der Waals surface area contributed by atoms with Crippen LogP contribution in [0.25, 0.3) is 0 Å². The summed E-state index contributed by atoms with van der Waals surface area (Å²) < 4.78 is 1.56. The Hall–Kier alpha value is -0.970. The molecule has 1 rings (SSSR count). The van der Waals surface area contributed by atoms with Gasteiger partial charge < -0.3 is 4.90 Å². The van der Waals surface area contributed by atoms with Crippen molar-refractivity contribution in [3.63, 3.8) is 0 Å². The van der Waals surface area contributed by atoms with Gasteiger partial charge in [0.15, 0.2) is 0 Å². The number of hydrogen-bond donors (Lipinski definition) is 1. The second-order valence-corrected chi connectivity index (χ2v) is 5.28. The topological polar surface area (TPSA) is 38.1 Å². The Morgan fingerprint density at radius 1 is 1.32 bits per heavy atom. The minimum Gasteiger partial charge on any atom is -0.373 e. The van der Waals surface area contributed by atoms with E-state index in [0.29, 0.717) is 6.54 Å². The average Bonchev–Trinajstić information content (AvgIpc) is 2.40. The van der Waals surface area contributed by atoms with Crippen molar-refractivity contribution in [2.75, 3.05) is 24.2 Å². The molecule has 0 aliphatic rings. The van der Waals surface area contributed by atoms with E-state index in [-0.39, 0.29) is 5.56 Å². The van der Waals surface area contributed by atoms with Gasteiger partial charge in [0, 0.05) is 26.2 Å². The van der Waals surface area contributed by atoms with Gasteiger partial charge in [0.25, 0.3) is 5.56 Å². The lowest BCUT2D eigenvalue weighted by atomic mass is 10.2. The Balaban J connectivity index is 2.50. The molecule has 0 aliphatic heterocycles. The Morgan fingerprint density at radius 2 is 2.05 bits per heavy atom. The molecule has 4 nitrogen and oxygen atoms in total. The molecule has 0 atom stereocenters. The first kappa shape index (κ1) is 16.1. The first-order chi connectivity index (χ1) is 9.19. The van der Waals surface area contributed by atoms with Crippen molar-refractivity contribution < 1.29 is 0 Å². The molecule has 0 amide bonds. The van der Waals surface area contributed by atoms with Crippen LogP contribution in [0.2, 0.25) is 0 Å². The molecule has 1 aromatic rings. The van der Waals surface area contributed by atoms with Gasteiger partial charge in [0.05, 0.1) is 11.9 Å². The zero-order valence-electron chi connectivity index (χ0n) is 12.0. The van der Waals surface area contributed by atoms with E-state index < -0.39 is 0 Å². The van der Waals surface area contributed by atoms with Crippen LogP contribution in [0.3, 0.4) is 0 Å². The number of thiol groups is 1. The summed E-state index contributed by atoms with van der Waals surface area (Å²) in [5.41, 5.74) is 0.896. The maximum Gasteiger partial charge on any atom is 0.268 e. The van der Waals surface area contributed by atoms with Crippen LogP contribution in [0, 0.1) is 0 Å². The Labute approximate surface area is 121 Å².